The molecule has 24 heavy (non-hydrogen) atoms. The molecule has 1 aliphatic heterocycles. The van der Waals surface area contributed by atoms with E-state index >= 15 is 0 Å². The van der Waals surface area contributed by atoms with Crippen molar-refractivity contribution in [1.29, 1.82) is 0 Å². The molecule has 2 heterocycles. The molecule has 1 aromatic rings. The van der Waals surface area contributed by atoms with E-state index in [-0.39, 0.29) is 23.7 Å². The second-order valence-electron chi connectivity index (χ2n) is 6.60. The third kappa shape index (κ3) is 4.38. The van der Waals surface area contributed by atoms with Crippen LogP contribution in [0.1, 0.15) is 45.1 Å². The third-order valence-electron chi connectivity index (χ3n) is 4.94. The number of nitrogens with zero attached hydrogens (tertiary/aromatic N) is 1. The fourth-order valence-electron chi connectivity index (χ4n) is 3.31. The maximum absolute atomic E-state index is 12.3. The first kappa shape index (κ1) is 18.5. The van der Waals surface area contributed by atoms with Crippen LogP contribution < -0.4 is 16.2 Å². The largest absolute Gasteiger partial charge is 0.378 e. The number of anilines is 1. The second kappa shape index (κ2) is 8.33. The van der Waals surface area contributed by atoms with Crippen LogP contribution in [0.15, 0.2) is 17.1 Å². The predicted molar refractivity (Wildman–Crippen MR) is 95.4 cm³/mol. The van der Waals surface area contributed by atoms with Gasteiger partial charge in [0.15, 0.2) is 0 Å². The number of urea groups is 1. The van der Waals surface area contributed by atoms with E-state index in [2.05, 4.69) is 24.5 Å². The summed E-state index contributed by atoms with van der Waals surface area (Å²) < 4.78 is 7.34. The molecule has 134 valence electrons. The molecule has 0 saturated carbocycles. The molecule has 1 fully saturated rings. The maximum atomic E-state index is 12.3. The first-order valence-corrected chi connectivity index (χ1v) is 8.81. The molecule has 0 spiro atoms. The highest BCUT2D eigenvalue weighted by molar-refractivity contribution is 5.90. The molecular weight excluding hydrogens is 306 g/mol. The van der Waals surface area contributed by atoms with Crippen LogP contribution in [0.2, 0.25) is 0 Å². The maximum Gasteiger partial charge on any atom is 0.319 e. The molecule has 0 radical (unpaired) electrons. The Bertz CT molecular complexity index is 622. The molecule has 0 aliphatic carbocycles. The lowest BCUT2D eigenvalue weighted by molar-refractivity contribution is -0.0329. The average Bonchev–Trinajstić information content (AvgIpc) is 2.57. The van der Waals surface area contributed by atoms with Gasteiger partial charge in [-0.2, -0.15) is 0 Å². The van der Waals surface area contributed by atoms with Gasteiger partial charge >= 0.3 is 6.03 Å². The minimum atomic E-state index is -0.323. The first-order valence-electron chi connectivity index (χ1n) is 8.81. The van der Waals surface area contributed by atoms with E-state index in [1.54, 1.807) is 13.2 Å². The molecule has 0 unspecified atom stereocenters. The number of ether oxygens (including phenoxy) is 1. The fourth-order valence-corrected chi connectivity index (χ4v) is 3.31. The molecule has 2 atom stereocenters. The van der Waals surface area contributed by atoms with Gasteiger partial charge in [0.25, 0.3) is 5.56 Å². The Morgan fingerprint density at radius 3 is 2.79 bits per heavy atom. The van der Waals surface area contributed by atoms with Crippen molar-refractivity contribution in [1.82, 2.24) is 9.88 Å². The van der Waals surface area contributed by atoms with Gasteiger partial charge in [0.2, 0.25) is 0 Å². The Labute approximate surface area is 143 Å². The molecule has 1 aliphatic rings. The van der Waals surface area contributed by atoms with Crippen molar-refractivity contribution < 1.29 is 9.53 Å². The van der Waals surface area contributed by atoms with Gasteiger partial charge in [-0.3, -0.25) is 4.79 Å². The van der Waals surface area contributed by atoms with Gasteiger partial charge in [-0.15, -0.1) is 0 Å². The lowest BCUT2D eigenvalue weighted by Crippen LogP contribution is -2.46. The number of aryl methyl sites for hydroxylation is 2. The quantitative estimate of drug-likeness (QED) is 0.869. The molecule has 2 N–H and O–H groups in total. The summed E-state index contributed by atoms with van der Waals surface area (Å²) in [5, 5.41) is 5.71. The van der Waals surface area contributed by atoms with Crippen molar-refractivity contribution >= 4 is 11.7 Å². The Morgan fingerprint density at radius 2 is 2.12 bits per heavy atom. The van der Waals surface area contributed by atoms with E-state index in [1.165, 1.54) is 4.57 Å². The molecule has 6 heteroatoms. The van der Waals surface area contributed by atoms with Crippen LogP contribution in [0.4, 0.5) is 10.5 Å². The monoisotopic (exact) mass is 335 g/mol. The topological polar surface area (TPSA) is 72.4 Å². The van der Waals surface area contributed by atoms with Crippen molar-refractivity contribution in [2.24, 2.45) is 13.0 Å². The number of hydrogen-bond donors (Lipinski definition) is 2. The minimum Gasteiger partial charge on any atom is -0.378 e. The molecular formula is C18H29N3O3. The molecule has 2 amide bonds. The van der Waals surface area contributed by atoms with Crippen molar-refractivity contribution in [3.63, 3.8) is 0 Å². The van der Waals surface area contributed by atoms with Crippen LogP contribution in [0.5, 0.6) is 0 Å². The number of carbonyl (C=O) groups is 1. The molecule has 1 saturated heterocycles. The zero-order chi connectivity index (χ0) is 17.7. The van der Waals surface area contributed by atoms with Gasteiger partial charge in [-0.1, -0.05) is 26.7 Å². The minimum absolute atomic E-state index is 0.0808. The lowest BCUT2D eigenvalue weighted by Gasteiger charge is -2.34. The van der Waals surface area contributed by atoms with E-state index in [4.69, 9.17) is 4.74 Å². The molecule has 0 aromatic carbocycles. The highest BCUT2D eigenvalue weighted by Gasteiger charge is 2.28. The second-order valence-corrected chi connectivity index (χ2v) is 6.60. The molecule has 1 aromatic heterocycles. The van der Waals surface area contributed by atoms with E-state index in [0.717, 1.165) is 31.2 Å². The number of aromatic nitrogens is 1. The molecule has 2 rings (SSSR count). The van der Waals surface area contributed by atoms with E-state index < -0.39 is 0 Å². The van der Waals surface area contributed by atoms with Crippen molar-refractivity contribution in [3.8, 4) is 0 Å². The summed E-state index contributed by atoms with van der Waals surface area (Å²) in [6.45, 7) is 6.83. The SMILES string of the molecule is CCC(CC)[C@H]1C[C@H](NC(=O)Nc2c(C)ccn(C)c2=O)CCO1. The van der Waals surface area contributed by atoms with Crippen LogP contribution in [0.3, 0.4) is 0 Å². The normalized spacial score (nSPS) is 20.9. The zero-order valence-corrected chi connectivity index (χ0v) is 15.1. The van der Waals surface area contributed by atoms with Crippen molar-refractivity contribution in [2.75, 3.05) is 11.9 Å². The Hall–Kier alpha value is -1.82. The summed E-state index contributed by atoms with van der Waals surface area (Å²) in [7, 11) is 1.67. The third-order valence-corrected chi connectivity index (χ3v) is 4.94. The standard InChI is InChI=1S/C18H29N3O3/c1-5-13(6-2)15-11-14(8-10-24-15)19-18(23)20-16-12(3)7-9-21(4)17(16)22/h7,9,13-15H,5-6,8,10-11H2,1-4H3,(H2,19,20,23)/t14-,15-/m1/s1. The average molecular weight is 335 g/mol. The van der Waals surface area contributed by atoms with E-state index in [1.807, 2.05) is 13.0 Å². The Morgan fingerprint density at radius 1 is 1.42 bits per heavy atom. The number of amides is 2. The fraction of sp³-hybridized carbons (Fsp3) is 0.667. The lowest BCUT2D eigenvalue weighted by atomic mass is 9.89. The van der Waals surface area contributed by atoms with Crippen molar-refractivity contribution in [3.05, 3.63) is 28.2 Å². The highest BCUT2D eigenvalue weighted by atomic mass is 16.5. The van der Waals surface area contributed by atoms with Crippen molar-refractivity contribution in [2.45, 2.75) is 58.6 Å². The van der Waals surface area contributed by atoms with E-state index in [9.17, 15) is 9.59 Å². The smallest absolute Gasteiger partial charge is 0.319 e. The predicted octanol–water partition coefficient (Wildman–Crippen LogP) is 2.80. The van der Waals surface area contributed by atoms with Crippen LogP contribution in [-0.2, 0) is 11.8 Å². The number of hydrogen-bond acceptors (Lipinski definition) is 3. The van der Waals surface area contributed by atoms with Crippen LogP contribution in [-0.4, -0.2) is 29.4 Å². The number of carbonyl (C=O) groups excluding carboxylic acids is 1. The van der Waals surface area contributed by atoms with Crippen LogP contribution >= 0.6 is 0 Å². The van der Waals surface area contributed by atoms with Gasteiger partial charge in [-0.05, 0) is 37.3 Å². The van der Waals surface area contributed by atoms with E-state index in [0.29, 0.717) is 18.2 Å². The van der Waals surface area contributed by atoms with Gasteiger partial charge in [-0.25, -0.2) is 4.79 Å². The molecule has 0 bridgehead atoms. The zero-order valence-electron chi connectivity index (χ0n) is 15.1. The van der Waals surface area contributed by atoms with Gasteiger partial charge in [0.1, 0.15) is 5.69 Å². The summed E-state index contributed by atoms with van der Waals surface area (Å²) in [5.74, 6) is 0.529. The number of rotatable bonds is 5. The Kier molecular flexibility index (Phi) is 6.43. The van der Waals surface area contributed by atoms with Gasteiger partial charge in [0.05, 0.1) is 6.10 Å². The van der Waals surface area contributed by atoms with Crippen LogP contribution in [0.25, 0.3) is 0 Å². The summed E-state index contributed by atoms with van der Waals surface area (Å²) >= 11 is 0. The van der Waals surface area contributed by atoms with Gasteiger partial charge < -0.3 is 19.9 Å². The summed E-state index contributed by atoms with van der Waals surface area (Å²) in [6.07, 6.45) is 5.69. The first-order chi connectivity index (χ1) is 11.5. The number of pyridine rings is 1. The summed E-state index contributed by atoms with van der Waals surface area (Å²) in [6, 6.07) is 1.57. The van der Waals surface area contributed by atoms with Gasteiger partial charge in [0, 0.05) is 25.9 Å². The molecule has 6 nitrogen and oxygen atoms in total. The van der Waals surface area contributed by atoms with Crippen LogP contribution in [0, 0.1) is 12.8 Å². The highest BCUT2D eigenvalue weighted by Crippen LogP contribution is 2.25. The summed E-state index contributed by atoms with van der Waals surface area (Å²) in [5.41, 5.74) is 0.892. The number of nitrogens with one attached hydrogen (secondary N) is 2. The summed E-state index contributed by atoms with van der Waals surface area (Å²) in [4.78, 5) is 24.4. The Balaban J connectivity index is 1.98.